The molecule has 82 valence electrons. The SMILES string of the molecule is CCc1coc(N2CC(O)C2)n1.O=C=O. The molecule has 1 aliphatic heterocycles. The van der Waals surface area contributed by atoms with Crippen LogP contribution in [0.5, 0.6) is 0 Å². The molecule has 1 fully saturated rings. The van der Waals surface area contributed by atoms with E-state index in [0.717, 1.165) is 12.1 Å². The van der Waals surface area contributed by atoms with Crippen molar-refractivity contribution in [3.05, 3.63) is 12.0 Å². The third-order valence-corrected chi connectivity index (χ3v) is 2.03. The first-order chi connectivity index (χ1) is 7.21. The highest BCUT2D eigenvalue weighted by Crippen LogP contribution is 2.19. The maximum atomic E-state index is 9.03. The van der Waals surface area contributed by atoms with Crippen LogP contribution < -0.4 is 4.90 Å². The zero-order valence-corrected chi connectivity index (χ0v) is 8.34. The van der Waals surface area contributed by atoms with Gasteiger partial charge in [-0.1, -0.05) is 6.92 Å². The lowest BCUT2D eigenvalue weighted by Gasteiger charge is -2.34. The van der Waals surface area contributed by atoms with E-state index in [1.165, 1.54) is 0 Å². The van der Waals surface area contributed by atoms with Crippen molar-refractivity contribution in [3.8, 4) is 0 Å². The number of rotatable bonds is 2. The highest BCUT2D eigenvalue weighted by atomic mass is 16.4. The molecule has 15 heavy (non-hydrogen) atoms. The van der Waals surface area contributed by atoms with Gasteiger partial charge in [-0.3, -0.25) is 0 Å². The van der Waals surface area contributed by atoms with Gasteiger partial charge < -0.3 is 14.4 Å². The largest absolute Gasteiger partial charge is 0.432 e. The Morgan fingerprint density at radius 1 is 1.67 bits per heavy atom. The molecule has 1 aliphatic rings. The summed E-state index contributed by atoms with van der Waals surface area (Å²) in [5, 5.41) is 9.03. The Balaban J connectivity index is 0.000000337. The molecule has 2 rings (SSSR count). The number of aryl methyl sites for hydroxylation is 1. The molecule has 0 spiro atoms. The number of hydrogen-bond donors (Lipinski definition) is 1. The Kier molecular flexibility index (Phi) is 4.03. The predicted molar refractivity (Wildman–Crippen MR) is 49.1 cm³/mol. The Morgan fingerprint density at radius 2 is 2.27 bits per heavy atom. The third kappa shape index (κ3) is 2.90. The van der Waals surface area contributed by atoms with Crippen molar-refractivity contribution in [1.82, 2.24) is 4.98 Å². The summed E-state index contributed by atoms with van der Waals surface area (Å²) in [6, 6.07) is 0.636. The normalized spacial score (nSPS) is 14.9. The number of anilines is 1. The highest BCUT2D eigenvalue weighted by molar-refractivity contribution is 5.32. The minimum Gasteiger partial charge on any atom is -0.432 e. The highest BCUT2D eigenvalue weighted by Gasteiger charge is 2.27. The summed E-state index contributed by atoms with van der Waals surface area (Å²) in [7, 11) is 0. The fourth-order valence-electron chi connectivity index (χ4n) is 1.22. The van der Waals surface area contributed by atoms with Crippen molar-refractivity contribution in [3.63, 3.8) is 0 Å². The first-order valence-electron chi connectivity index (χ1n) is 4.58. The molecule has 0 radical (unpaired) electrons. The van der Waals surface area contributed by atoms with Crippen LogP contribution in [0.4, 0.5) is 6.01 Å². The summed E-state index contributed by atoms with van der Waals surface area (Å²) < 4.78 is 5.21. The van der Waals surface area contributed by atoms with Crippen molar-refractivity contribution in [1.29, 1.82) is 0 Å². The molecule has 1 saturated heterocycles. The van der Waals surface area contributed by atoms with Crippen LogP contribution in [0.15, 0.2) is 10.7 Å². The van der Waals surface area contributed by atoms with E-state index >= 15 is 0 Å². The number of carbonyl (C=O) groups excluding carboxylic acids is 2. The second kappa shape index (κ2) is 5.29. The summed E-state index contributed by atoms with van der Waals surface area (Å²) in [6.07, 6.45) is 2.60. The predicted octanol–water partition coefficient (Wildman–Crippen LogP) is -0.166. The van der Waals surface area contributed by atoms with E-state index in [1.54, 1.807) is 6.26 Å². The molecule has 2 heterocycles. The molecule has 1 aromatic rings. The van der Waals surface area contributed by atoms with Gasteiger partial charge in [0.15, 0.2) is 0 Å². The number of oxazole rings is 1. The molecule has 1 aromatic heterocycles. The van der Waals surface area contributed by atoms with Gasteiger partial charge in [-0.25, -0.2) is 0 Å². The second-order valence-corrected chi connectivity index (χ2v) is 3.12. The average Bonchev–Trinajstić information content (AvgIpc) is 2.62. The summed E-state index contributed by atoms with van der Waals surface area (Å²) in [4.78, 5) is 22.4. The quantitative estimate of drug-likeness (QED) is 0.733. The van der Waals surface area contributed by atoms with E-state index in [-0.39, 0.29) is 12.3 Å². The molecule has 0 amide bonds. The lowest BCUT2D eigenvalue weighted by atomic mass is 10.2. The van der Waals surface area contributed by atoms with Crippen LogP contribution in [0.1, 0.15) is 12.6 Å². The molecule has 0 saturated carbocycles. The summed E-state index contributed by atoms with van der Waals surface area (Å²) in [5.41, 5.74) is 0.964. The number of hydrogen-bond acceptors (Lipinski definition) is 6. The average molecular weight is 212 g/mol. The van der Waals surface area contributed by atoms with E-state index in [4.69, 9.17) is 19.1 Å². The van der Waals surface area contributed by atoms with Gasteiger partial charge in [-0.05, 0) is 6.42 Å². The number of nitrogens with zero attached hydrogens (tertiary/aromatic N) is 2. The standard InChI is InChI=1S/C8H12N2O2.CO2/c1-2-6-5-12-8(9-6)10-3-7(11)4-10;2-1-3/h5,7,11H,2-4H2,1H3;. The van der Waals surface area contributed by atoms with E-state index in [1.807, 2.05) is 11.8 Å². The molecule has 0 bridgehead atoms. The van der Waals surface area contributed by atoms with Crippen LogP contribution in [-0.4, -0.2) is 35.4 Å². The van der Waals surface area contributed by atoms with Crippen LogP contribution in [-0.2, 0) is 16.0 Å². The fraction of sp³-hybridized carbons (Fsp3) is 0.556. The van der Waals surface area contributed by atoms with E-state index in [0.29, 0.717) is 19.1 Å². The van der Waals surface area contributed by atoms with Gasteiger partial charge in [-0.15, -0.1) is 0 Å². The Bertz CT molecular complexity index is 338. The maximum absolute atomic E-state index is 9.03. The van der Waals surface area contributed by atoms with E-state index < -0.39 is 0 Å². The van der Waals surface area contributed by atoms with Gasteiger partial charge in [0.1, 0.15) is 6.26 Å². The number of aliphatic hydroxyl groups is 1. The van der Waals surface area contributed by atoms with Crippen LogP contribution in [0, 0.1) is 0 Å². The minimum atomic E-state index is -0.207. The molecule has 0 unspecified atom stereocenters. The van der Waals surface area contributed by atoms with Gasteiger partial charge in [0.2, 0.25) is 0 Å². The Labute approximate surface area is 86.5 Å². The number of aliphatic hydroxyl groups excluding tert-OH is 1. The van der Waals surface area contributed by atoms with Crippen molar-refractivity contribution in [2.45, 2.75) is 19.4 Å². The lowest BCUT2D eigenvalue weighted by molar-refractivity contribution is -0.191. The van der Waals surface area contributed by atoms with Gasteiger partial charge >= 0.3 is 6.15 Å². The topological polar surface area (TPSA) is 83.6 Å². The molecular weight excluding hydrogens is 200 g/mol. The first kappa shape index (κ1) is 11.4. The van der Waals surface area contributed by atoms with E-state index in [9.17, 15) is 0 Å². The first-order valence-corrected chi connectivity index (χ1v) is 4.58. The number of β-amino-alcohol motifs (C(OH)–C–C–N with tert-alkyl or cyclic N) is 1. The smallest absolute Gasteiger partial charge is 0.373 e. The molecule has 1 N–H and O–H groups in total. The van der Waals surface area contributed by atoms with Crippen LogP contribution >= 0.6 is 0 Å². The zero-order valence-electron chi connectivity index (χ0n) is 8.34. The van der Waals surface area contributed by atoms with Crippen molar-refractivity contribution in [2.75, 3.05) is 18.0 Å². The lowest BCUT2D eigenvalue weighted by Crippen LogP contribution is -2.51. The Hall–Kier alpha value is -1.65. The molecule has 0 atom stereocenters. The summed E-state index contributed by atoms with van der Waals surface area (Å²) >= 11 is 0. The monoisotopic (exact) mass is 212 g/mol. The fourth-order valence-corrected chi connectivity index (χ4v) is 1.22. The van der Waals surface area contributed by atoms with Crippen molar-refractivity contribution >= 4 is 12.2 Å². The Morgan fingerprint density at radius 3 is 2.67 bits per heavy atom. The van der Waals surface area contributed by atoms with Crippen LogP contribution in [0.25, 0.3) is 0 Å². The van der Waals surface area contributed by atoms with Crippen molar-refractivity contribution < 1.29 is 19.1 Å². The van der Waals surface area contributed by atoms with Crippen molar-refractivity contribution in [2.24, 2.45) is 0 Å². The van der Waals surface area contributed by atoms with Gasteiger partial charge in [0.25, 0.3) is 6.01 Å². The third-order valence-electron chi connectivity index (χ3n) is 2.03. The molecule has 0 aromatic carbocycles. The van der Waals surface area contributed by atoms with Crippen LogP contribution in [0.2, 0.25) is 0 Å². The van der Waals surface area contributed by atoms with Crippen LogP contribution in [0.3, 0.4) is 0 Å². The second-order valence-electron chi connectivity index (χ2n) is 3.12. The zero-order chi connectivity index (χ0) is 11.3. The molecular formula is C9H12N2O4. The molecule has 6 heteroatoms. The van der Waals surface area contributed by atoms with E-state index in [2.05, 4.69) is 4.98 Å². The van der Waals surface area contributed by atoms with Gasteiger partial charge in [0, 0.05) is 0 Å². The minimum absolute atomic E-state index is 0.207. The van der Waals surface area contributed by atoms with Gasteiger partial charge in [0.05, 0.1) is 24.9 Å². The van der Waals surface area contributed by atoms with Gasteiger partial charge in [-0.2, -0.15) is 14.6 Å². The number of aromatic nitrogens is 1. The maximum Gasteiger partial charge on any atom is 0.373 e. The summed E-state index contributed by atoms with van der Waals surface area (Å²) in [5.74, 6) is 0. The summed E-state index contributed by atoms with van der Waals surface area (Å²) in [6.45, 7) is 3.32. The molecule has 6 nitrogen and oxygen atoms in total. The molecule has 0 aliphatic carbocycles.